The zero-order valence-corrected chi connectivity index (χ0v) is 15.4. The second-order valence-electron chi connectivity index (χ2n) is 6.82. The van der Waals surface area contributed by atoms with E-state index in [1.165, 1.54) is 5.57 Å². The van der Waals surface area contributed by atoms with Crippen LogP contribution in [0.25, 0.3) is 0 Å². The fourth-order valence-electron chi connectivity index (χ4n) is 3.31. The van der Waals surface area contributed by atoms with E-state index < -0.39 is 0 Å². The lowest BCUT2D eigenvalue weighted by atomic mass is 9.81. The Morgan fingerprint density at radius 1 is 1.48 bits per heavy atom. The maximum atomic E-state index is 11.6. The summed E-state index contributed by atoms with van der Waals surface area (Å²) >= 11 is 0. The smallest absolute Gasteiger partial charge is 0.225 e. The molecule has 1 aliphatic carbocycles. The zero-order valence-electron chi connectivity index (χ0n) is 15.4. The number of nitrogens with one attached hydrogen (secondary N) is 2. The number of carbonyl (C=O) groups excluding carboxylic acids is 1. The van der Waals surface area contributed by atoms with E-state index in [0.29, 0.717) is 24.1 Å². The van der Waals surface area contributed by atoms with Gasteiger partial charge in [0, 0.05) is 30.5 Å². The summed E-state index contributed by atoms with van der Waals surface area (Å²) in [6, 6.07) is -0.0934. The standard InChI is InChI=1S/C19H30N4O2/c1-5-6-18(24)23-13(3)22-17-8-7-14(10-16(17)20)15-9-12(2)19(25-4)21-11-15/h7-8,11-12,14,16-17,22H,3,5-6,9-10,20H2,1-2,4H3,(H,23,24). The summed E-state index contributed by atoms with van der Waals surface area (Å²) in [6.07, 6.45) is 9.23. The van der Waals surface area contributed by atoms with Crippen LogP contribution >= 0.6 is 0 Å². The molecule has 2 rings (SSSR count). The van der Waals surface area contributed by atoms with Crippen LogP contribution in [0, 0.1) is 11.8 Å². The van der Waals surface area contributed by atoms with E-state index in [1.807, 2.05) is 13.1 Å². The highest BCUT2D eigenvalue weighted by molar-refractivity contribution is 5.80. The normalized spacial score (nSPS) is 28.6. The minimum atomic E-state index is -0.0566. The summed E-state index contributed by atoms with van der Waals surface area (Å²) in [5, 5.41) is 5.96. The molecule has 2 aliphatic rings. The Morgan fingerprint density at radius 3 is 2.84 bits per heavy atom. The average Bonchev–Trinajstić information content (AvgIpc) is 2.56. The van der Waals surface area contributed by atoms with E-state index in [2.05, 4.69) is 41.3 Å². The van der Waals surface area contributed by atoms with Crippen LogP contribution in [0.4, 0.5) is 0 Å². The van der Waals surface area contributed by atoms with E-state index in [0.717, 1.165) is 25.2 Å². The van der Waals surface area contributed by atoms with Gasteiger partial charge in [-0.3, -0.25) is 4.79 Å². The Bertz CT molecular complexity index is 594. The van der Waals surface area contributed by atoms with Crippen LogP contribution in [0.5, 0.6) is 0 Å². The summed E-state index contributed by atoms with van der Waals surface area (Å²) in [5.41, 5.74) is 7.63. The van der Waals surface area contributed by atoms with Crippen molar-refractivity contribution in [1.82, 2.24) is 10.6 Å². The third-order valence-corrected chi connectivity index (χ3v) is 4.65. The van der Waals surface area contributed by atoms with Crippen molar-refractivity contribution in [2.75, 3.05) is 7.11 Å². The van der Waals surface area contributed by atoms with Gasteiger partial charge >= 0.3 is 0 Å². The van der Waals surface area contributed by atoms with Crippen LogP contribution in [0.15, 0.2) is 41.3 Å². The Balaban J connectivity index is 1.94. The van der Waals surface area contributed by atoms with E-state index in [9.17, 15) is 4.79 Å². The highest BCUT2D eigenvalue weighted by Crippen LogP contribution is 2.31. The molecular weight excluding hydrogens is 316 g/mol. The number of allylic oxidation sites excluding steroid dienone is 2. The average molecular weight is 346 g/mol. The SMILES string of the molecule is C=C(NC(=O)CCC)NC1C=CC(C2=CN=C(OC)C(C)C2)CC1N. The first-order valence-corrected chi connectivity index (χ1v) is 8.94. The second-order valence-corrected chi connectivity index (χ2v) is 6.82. The van der Waals surface area contributed by atoms with Gasteiger partial charge in [-0.1, -0.05) is 32.6 Å². The molecule has 1 aliphatic heterocycles. The molecule has 6 heteroatoms. The Kier molecular flexibility index (Phi) is 6.82. The molecule has 0 saturated carbocycles. The van der Waals surface area contributed by atoms with Crippen molar-refractivity contribution in [3.05, 3.63) is 36.3 Å². The maximum absolute atomic E-state index is 11.6. The third kappa shape index (κ3) is 5.19. The molecule has 4 atom stereocenters. The molecule has 0 fully saturated rings. The summed E-state index contributed by atoms with van der Waals surface area (Å²) in [7, 11) is 1.66. The summed E-state index contributed by atoms with van der Waals surface area (Å²) in [5.74, 6) is 1.84. The molecule has 0 spiro atoms. The number of nitrogens with two attached hydrogens (primary N) is 1. The van der Waals surface area contributed by atoms with Gasteiger partial charge in [0.05, 0.1) is 19.0 Å². The largest absolute Gasteiger partial charge is 0.484 e. The topological polar surface area (TPSA) is 88.7 Å². The van der Waals surface area contributed by atoms with E-state index in [-0.39, 0.29) is 18.0 Å². The van der Waals surface area contributed by atoms with Gasteiger partial charge < -0.3 is 21.1 Å². The van der Waals surface area contributed by atoms with Gasteiger partial charge in [-0.05, 0) is 24.8 Å². The summed E-state index contributed by atoms with van der Waals surface area (Å²) in [4.78, 5) is 16.0. The molecular formula is C19H30N4O2. The molecule has 0 aromatic carbocycles. The second kappa shape index (κ2) is 8.85. The molecule has 0 aromatic heterocycles. The molecule has 0 aromatic rings. The van der Waals surface area contributed by atoms with Crippen LogP contribution in [-0.2, 0) is 9.53 Å². The lowest BCUT2D eigenvalue weighted by molar-refractivity contribution is -0.120. The van der Waals surface area contributed by atoms with Crippen molar-refractivity contribution in [2.45, 2.75) is 51.6 Å². The lowest BCUT2D eigenvalue weighted by Gasteiger charge is -2.33. The first-order chi connectivity index (χ1) is 11.9. The minimum absolute atomic E-state index is 0.0283. The Morgan fingerprint density at radius 2 is 2.24 bits per heavy atom. The van der Waals surface area contributed by atoms with Crippen LogP contribution in [0.2, 0.25) is 0 Å². The minimum Gasteiger partial charge on any atom is -0.484 e. The number of rotatable bonds is 6. The van der Waals surface area contributed by atoms with Crippen molar-refractivity contribution in [1.29, 1.82) is 0 Å². The van der Waals surface area contributed by atoms with Gasteiger partial charge in [-0.25, -0.2) is 4.99 Å². The lowest BCUT2D eigenvalue weighted by Crippen LogP contribution is -2.48. The number of hydrogen-bond donors (Lipinski definition) is 3. The van der Waals surface area contributed by atoms with Crippen LogP contribution < -0.4 is 16.4 Å². The maximum Gasteiger partial charge on any atom is 0.225 e. The van der Waals surface area contributed by atoms with Crippen molar-refractivity contribution < 1.29 is 9.53 Å². The number of methoxy groups -OCH3 is 1. The first-order valence-electron chi connectivity index (χ1n) is 8.94. The molecule has 138 valence electrons. The first kappa shape index (κ1) is 19.2. The van der Waals surface area contributed by atoms with Gasteiger partial charge in [-0.2, -0.15) is 0 Å². The highest BCUT2D eigenvalue weighted by Gasteiger charge is 2.28. The molecule has 4 unspecified atom stereocenters. The zero-order chi connectivity index (χ0) is 18.4. The van der Waals surface area contributed by atoms with Gasteiger partial charge in [0.25, 0.3) is 0 Å². The quantitative estimate of drug-likeness (QED) is 0.643. The highest BCUT2D eigenvalue weighted by atomic mass is 16.5. The molecule has 0 saturated heterocycles. The summed E-state index contributed by atoms with van der Waals surface area (Å²) < 4.78 is 5.28. The van der Waals surface area contributed by atoms with Crippen molar-refractivity contribution in [3.8, 4) is 0 Å². The number of ether oxygens (including phenoxy) is 1. The van der Waals surface area contributed by atoms with Crippen molar-refractivity contribution in [3.63, 3.8) is 0 Å². The Labute approximate surface area is 150 Å². The third-order valence-electron chi connectivity index (χ3n) is 4.65. The van der Waals surface area contributed by atoms with E-state index in [1.54, 1.807) is 7.11 Å². The van der Waals surface area contributed by atoms with Crippen LogP contribution in [-0.4, -0.2) is 31.0 Å². The Hall–Kier alpha value is -2.08. The van der Waals surface area contributed by atoms with Crippen molar-refractivity contribution >= 4 is 11.8 Å². The number of carbonyl (C=O) groups is 1. The molecule has 1 heterocycles. The number of amides is 1. The molecule has 4 N–H and O–H groups in total. The van der Waals surface area contributed by atoms with E-state index in [4.69, 9.17) is 10.5 Å². The molecule has 1 amide bonds. The number of hydrogen-bond acceptors (Lipinski definition) is 5. The van der Waals surface area contributed by atoms with Gasteiger partial charge in [0.1, 0.15) is 0 Å². The molecule has 0 bridgehead atoms. The molecule has 6 nitrogen and oxygen atoms in total. The summed E-state index contributed by atoms with van der Waals surface area (Å²) in [6.45, 7) is 7.96. The monoisotopic (exact) mass is 346 g/mol. The fourth-order valence-corrected chi connectivity index (χ4v) is 3.31. The number of aliphatic imine (C=N–C) groups is 1. The van der Waals surface area contributed by atoms with Gasteiger partial charge in [0.15, 0.2) is 5.90 Å². The van der Waals surface area contributed by atoms with E-state index >= 15 is 0 Å². The molecule has 0 radical (unpaired) electrons. The van der Waals surface area contributed by atoms with Gasteiger partial charge in [-0.15, -0.1) is 0 Å². The van der Waals surface area contributed by atoms with Crippen molar-refractivity contribution in [2.24, 2.45) is 22.6 Å². The number of nitrogens with zero attached hydrogens (tertiary/aromatic N) is 1. The van der Waals surface area contributed by atoms with Crippen LogP contribution in [0.1, 0.15) is 39.5 Å². The predicted molar refractivity (Wildman–Crippen MR) is 101 cm³/mol. The predicted octanol–water partition coefficient (Wildman–Crippen LogP) is 2.20. The van der Waals surface area contributed by atoms with Crippen LogP contribution in [0.3, 0.4) is 0 Å². The molecule has 25 heavy (non-hydrogen) atoms. The van der Waals surface area contributed by atoms with Gasteiger partial charge in [0.2, 0.25) is 5.91 Å². The fraction of sp³-hybridized carbons (Fsp3) is 0.579.